The van der Waals surface area contributed by atoms with Gasteiger partial charge in [0.2, 0.25) is 0 Å². The normalized spacial score (nSPS) is 46.1. The van der Waals surface area contributed by atoms with Crippen LogP contribution < -0.4 is 0 Å². The van der Waals surface area contributed by atoms with Crippen molar-refractivity contribution in [1.82, 2.24) is 0 Å². The molecule has 0 radical (unpaired) electrons. The zero-order chi connectivity index (χ0) is 37.8. The number of aliphatic hydroxyl groups is 8. The van der Waals surface area contributed by atoms with Crippen molar-refractivity contribution in [3.63, 3.8) is 0 Å². The van der Waals surface area contributed by atoms with E-state index in [2.05, 4.69) is 0 Å². The van der Waals surface area contributed by atoms with E-state index in [9.17, 15) is 40.9 Å². The van der Waals surface area contributed by atoms with E-state index in [0.29, 0.717) is 44.6 Å². The molecule has 0 saturated carbocycles. The summed E-state index contributed by atoms with van der Waals surface area (Å²) < 4.78 is 0. The second-order valence-electron chi connectivity index (χ2n) is 16.5. The first-order chi connectivity index (χ1) is 27.1. The molecule has 0 aromatic rings. The third kappa shape index (κ3) is 3.68. The lowest BCUT2D eigenvalue weighted by Crippen LogP contribution is -2.48. The van der Waals surface area contributed by atoms with Gasteiger partial charge in [0, 0.05) is 91.9 Å². The largest absolute Gasteiger partial charge is 0.389 e. The van der Waals surface area contributed by atoms with E-state index < -0.39 is 96.2 Å². The van der Waals surface area contributed by atoms with Gasteiger partial charge in [-0.25, -0.2) is 39.9 Å². The van der Waals surface area contributed by atoms with Gasteiger partial charge in [0.15, 0.2) is 46.7 Å². The molecule has 16 heteroatoms. The van der Waals surface area contributed by atoms with Crippen LogP contribution in [0, 0.1) is 47.3 Å². The number of amidine groups is 8. The fourth-order valence-electron chi connectivity index (χ4n) is 11.3. The molecule has 280 valence electrons. The maximum Gasteiger partial charge on any atom is 0.161 e. The first-order valence-electron chi connectivity index (χ1n) is 19.0. The fraction of sp³-hybridized carbons (Fsp3) is 0.400. The minimum Gasteiger partial charge on any atom is -0.389 e. The summed E-state index contributed by atoms with van der Waals surface area (Å²) in [6.07, 6.45) is 5.46. The standard InChI is InChI=1S/C40H32N8O8/c49-25-9-1-2-10(26(25)50)18-17(9)33-41-34(18)46-36-21-13-5-6-14(30(54)29(13)53)22(21)38(43-36)48-40-24-16-8-7-15(31(55)32(16)56)23(24)39(44-40)47-37-20-12-4-3-11(27(51)28(12)52)19(20)35(42-37)45-33/h1-16,25-32,49-56H. The van der Waals surface area contributed by atoms with Crippen molar-refractivity contribution in [2.45, 2.75) is 48.8 Å². The highest BCUT2D eigenvalue weighted by Crippen LogP contribution is 2.51. The predicted octanol–water partition coefficient (Wildman–Crippen LogP) is -1.42. The van der Waals surface area contributed by atoms with E-state index in [-0.39, 0.29) is 46.7 Å². The molecule has 12 aliphatic carbocycles. The van der Waals surface area contributed by atoms with Crippen molar-refractivity contribution in [3.05, 3.63) is 93.2 Å². The van der Waals surface area contributed by atoms with Gasteiger partial charge >= 0.3 is 0 Å². The highest BCUT2D eigenvalue weighted by atomic mass is 16.3. The van der Waals surface area contributed by atoms with Gasteiger partial charge in [-0.2, -0.15) is 0 Å². The molecule has 56 heavy (non-hydrogen) atoms. The van der Waals surface area contributed by atoms with Crippen molar-refractivity contribution in [2.75, 3.05) is 0 Å². The van der Waals surface area contributed by atoms with Gasteiger partial charge in [-0.15, -0.1) is 0 Å². The Hall–Kier alpha value is -5.04. The summed E-state index contributed by atoms with van der Waals surface area (Å²) in [6, 6.07) is 0. The van der Waals surface area contributed by atoms with Crippen molar-refractivity contribution >= 4 is 46.7 Å². The zero-order valence-corrected chi connectivity index (χ0v) is 29.0. The molecule has 0 amide bonds. The van der Waals surface area contributed by atoms with Gasteiger partial charge in [-0.3, -0.25) is 0 Å². The summed E-state index contributed by atoms with van der Waals surface area (Å²) in [5.41, 5.74) is 4.55. The van der Waals surface area contributed by atoms with Crippen molar-refractivity contribution < 1.29 is 40.9 Å². The molecular formula is C40H32N8O8. The number of fused-ring (bicyclic) bond motifs is 8. The highest BCUT2D eigenvalue weighted by molar-refractivity contribution is 6.35. The van der Waals surface area contributed by atoms with Gasteiger partial charge in [-0.05, 0) is 0 Å². The second kappa shape index (κ2) is 10.5. The highest BCUT2D eigenvalue weighted by Gasteiger charge is 2.55. The number of hydrogen-bond donors (Lipinski definition) is 8. The van der Waals surface area contributed by atoms with E-state index in [0.717, 1.165) is 0 Å². The lowest BCUT2D eigenvalue weighted by molar-refractivity contribution is -0.0253. The Kier molecular flexibility index (Phi) is 6.00. The van der Waals surface area contributed by atoms with Crippen LogP contribution in [0.1, 0.15) is 0 Å². The molecule has 8 N–H and O–H groups in total. The number of hydrogen-bond acceptors (Lipinski definition) is 16. The molecule has 16 nitrogen and oxygen atoms in total. The second-order valence-corrected chi connectivity index (χ2v) is 16.5. The van der Waals surface area contributed by atoms with E-state index in [1.54, 1.807) is 0 Å². The predicted molar refractivity (Wildman–Crippen MR) is 200 cm³/mol. The number of aliphatic hydroxyl groups excluding tert-OH is 8. The quantitative estimate of drug-likeness (QED) is 0.136. The van der Waals surface area contributed by atoms with Crippen LogP contribution in [0.2, 0.25) is 0 Å². The molecule has 0 spiro atoms. The van der Waals surface area contributed by atoms with Gasteiger partial charge in [0.1, 0.15) is 0 Å². The minimum absolute atomic E-state index is 0.205. The summed E-state index contributed by atoms with van der Waals surface area (Å²) in [6.45, 7) is 0. The topological polar surface area (TPSA) is 261 Å². The first-order valence-corrected chi connectivity index (χ1v) is 19.0. The van der Waals surface area contributed by atoms with Gasteiger partial charge < -0.3 is 40.9 Å². The van der Waals surface area contributed by atoms with Crippen LogP contribution in [0.25, 0.3) is 0 Å². The summed E-state index contributed by atoms with van der Waals surface area (Å²) in [7, 11) is 0. The molecule has 16 bridgehead atoms. The third-order valence-electron chi connectivity index (χ3n) is 13.9. The maximum absolute atomic E-state index is 11.2. The molecule has 5 aliphatic heterocycles. The van der Waals surface area contributed by atoms with Crippen LogP contribution in [0.4, 0.5) is 0 Å². The number of aliphatic imine (C=N–C) groups is 8. The van der Waals surface area contributed by atoms with Crippen molar-refractivity contribution in [3.8, 4) is 0 Å². The van der Waals surface area contributed by atoms with Gasteiger partial charge in [0.05, 0.1) is 48.8 Å². The molecule has 16 unspecified atom stereocenters. The van der Waals surface area contributed by atoms with Crippen LogP contribution in [0.5, 0.6) is 0 Å². The average Bonchev–Trinajstić information content (AvgIpc) is 3.96. The number of rotatable bonds is 0. The van der Waals surface area contributed by atoms with E-state index in [4.69, 9.17) is 39.9 Å². The van der Waals surface area contributed by atoms with E-state index in [1.807, 2.05) is 48.6 Å². The van der Waals surface area contributed by atoms with E-state index >= 15 is 0 Å². The molecule has 0 fully saturated rings. The fourth-order valence-corrected chi connectivity index (χ4v) is 11.3. The minimum atomic E-state index is -1.14. The molecule has 0 aromatic carbocycles. The smallest absolute Gasteiger partial charge is 0.161 e. The molecule has 0 saturated heterocycles. The van der Waals surface area contributed by atoms with Crippen molar-refractivity contribution in [2.24, 2.45) is 87.3 Å². The SMILES string of the molecule is OC1C2C=CC(C3=C2C2=NC3=NC3=NC(=NC4=NC(=NC5=NC(=N2)C2=C5C5C=CC2C(O)C5O)C2=C4C4C=CC2C(O)C4O)C2=C3C3C=CC2C(O)C3O)C1O. The van der Waals surface area contributed by atoms with Crippen LogP contribution in [-0.4, -0.2) is 136 Å². The van der Waals surface area contributed by atoms with Crippen molar-refractivity contribution in [1.29, 1.82) is 0 Å². The Morgan fingerprint density at radius 3 is 0.429 bits per heavy atom. The molecule has 5 heterocycles. The van der Waals surface area contributed by atoms with Crippen LogP contribution >= 0.6 is 0 Å². The maximum atomic E-state index is 11.2. The summed E-state index contributed by atoms with van der Waals surface area (Å²) in [5.74, 6) is -3.75. The Bertz CT molecular complexity index is 2230. The molecule has 17 aliphatic rings. The Morgan fingerprint density at radius 1 is 0.214 bits per heavy atom. The van der Waals surface area contributed by atoms with E-state index in [1.165, 1.54) is 0 Å². The summed E-state index contributed by atoms with van der Waals surface area (Å²) >= 11 is 0. The molecule has 16 atom stereocenters. The molecule has 0 aromatic heterocycles. The van der Waals surface area contributed by atoms with Gasteiger partial charge in [0.25, 0.3) is 0 Å². The lowest BCUT2D eigenvalue weighted by Gasteiger charge is -2.41. The monoisotopic (exact) mass is 752 g/mol. The van der Waals surface area contributed by atoms with Crippen LogP contribution in [0.15, 0.2) is 133 Å². The Labute approximate surface area is 316 Å². The van der Waals surface area contributed by atoms with Crippen LogP contribution in [-0.2, 0) is 0 Å². The summed E-state index contributed by atoms with van der Waals surface area (Å²) in [5, 5.41) is 89.9. The molecule has 17 rings (SSSR count). The Balaban J connectivity index is 1.10. The molecular weight excluding hydrogens is 720 g/mol. The average molecular weight is 753 g/mol. The summed E-state index contributed by atoms with van der Waals surface area (Å²) in [4.78, 5) is 39.8. The van der Waals surface area contributed by atoms with Gasteiger partial charge in [-0.1, -0.05) is 48.6 Å². The number of nitrogens with zero attached hydrogens (tertiary/aromatic N) is 8. The lowest BCUT2D eigenvalue weighted by atomic mass is 9.67. The van der Waals surface area contributed by atoms with Crippen LogP contribution in [0.3, 0.4) is 0 Å². The zero-order valence-electron chi connectivity index (χ0n) is 29.0. The Morgan fingerprint density at radius 2 is 0.321 bits per heavy atom. The first kappa shape index (κ1) is 32.1. The third-order valence-corrected chi connectivity index (χ3v) is 13.9.